The fraction of sp³-hybridized carbons (Fsp3) is 0.429. The van der Waals surface area contributed by atoms with Crippen LogP contribution in [0.2, 0.25) is 0 Å². The van der Waals surface area contributed by atoms with Gasteiger partial charge in [-0.2, -0.15) is 0 Å². The average molecular weight is 277 g/mol. The van der Waals surface area contributed by atoms with Crippen LogP contribution in [0.25, 0.3) is 0 Å². The maximum absolute atomic E-state index is 6.23. The molecule has 0 radical (unpaired) electrons. The predicted molar refractivity (Wildman–Crippen MR) is 77.1 cm³/mol. The van der Waals surface area contributed by atoms with Crippen molar-refractivity contribution in [1.29, 1.82) is 0 Å². The number of thioether (sulfide) groups is 1. The van der Waals surface area contributed by atoms with Gasteiger partial charge in [0.15, 0.2) is 0 Å². The summed E-state index contributed by atoms with van der Waals surface area (Å²) in [4.78, 5) is 0. The number of hydrogen-bond donors (Lipinski definition) is 1. The summed E-state index contributed by atoms with van der Waals surface area (Å²) < 4.78 is 5.44. The predicted octanol–water partition coefficient (Wildman–Crippen LogP) is 3.26. The Kier molecular flexibility index (Phi) is 4.61. The SMILES string of the molecule is CCC(N)C(Sc1nnc(C)o1)c1ccc(C)cc1. The number of aryl methyl sites for hydroxylation is 2. The molecule has 0 aliphatic carbocycles. The van der Waals surface area contributed by atoms with Gasteiger partial charge in [-0.15, -0.1) is 10.2 Å². The number of rotatable bonds is 5. The van der Waals surface area contributed by atoms with Crippen molar-refractivity contribution in [3.63, 3.8) is 0 Å². The van der Waals surface area contributed by atoms with E-state index in [1.54, 1.807) is 6.92 Å². The number of aromatic nitrogens is 2. The van der Waals surface area contributed by atoms with Crippen LogP contribution in [0.4, 0.5) is 0 Å². The summed E-state index contributed by atoms with van der Waals surface area (Å²) in [6.07, 6.45) is 0.901. The average Bonchev–Trinajstić information content (AvgIpc) is 2.82. The van der Waals surface area contributed by atoms with E-state index in [1.165, 1.54) is 22.9 Å². The Labute approximate surface area is 117 Å². The molecule has 2 aromatic rings. The van der Waals surface area contributed by atoms with Crippen molar-refractivity contribution in [2.75, 3.05) is 0 Å². The van der Waals surface area contributed by atoms with Crippen molar-refractivity contribution in [3.05, 3.63) is 41.3 Å². The Morgan fingerprint density at radius 1 is 1.21 bits per heavy atom. The first-order valence-electron chi connectivity index (χ1n) is 6.39. The molecule has 0 aliphatic heterocycles. The summed E-state index contributed by atoms with van der Waals surface area (Å²) >= 11 is 1.54. The zero-order valence-corrected chi connectivity index (χ0v) is 12.3. The van der Waals surface area contributed by atoms with Crippen molar-refractivity contribution in [3.8, 4) is 0 Å². The first kappa shape index (κ1) is 14.1. The van der Waals surface area contributed by atoms with E-state index in [2.05, 4.69) is 48.3 Å². The smallest absolute Gasteiger partial charge is 0.277 e. The van der Waals surface area contributed by atoms with Gasteiger partial charge >= 0.3 is 0 Å². The Morgan fingerprint density at radius 2 is 1.89 bits per heavy atom. The highest BCUT2D eigenvalue weighted by atomic mass is 32.2. The molecule has 0 aliphatic rings. The molecule has 5 heteroatoms. The van der Waals surface area contributed by atoms with Crippen LogP contribution in [0.15, 0.2) is 33.9 Å². The summed E-state index contributed by atoms with van der Waals surface area (Å²) in [5, 5.41) is 8.60. The second kappa shape index (κ2) is 6.21. The van der Waals surface area contributed by atoms with Crippen LogP contribution < -0.4 is 5.73 Å². The lowest BCUT2D eigenvalue weighted by molar-refractivity contribution is 0.427. The Balaban J connectivity index is 2.23. The third kappa shape index (κ3) is 3.58. The molecule has 0 spiro atoms. The molecule has 0 saturated heterocycles. The molecule has 0 amide bonds. The fourth-order valence-electron chi connectivity index (χ4n) is 1.81. The first-order valence-corrected chi connectivity index (χ1v) is 7.27. The largest absolute Gasteiger partial charge is 0.416 e. The monoisotopic (exact) mass is 277 g/mol. The number of nitrogens with zero attached hydrogens (tertiary/aromatic N) is 2. The molecule has 2 unspecified atom stereocenters. The highest BCUT2D eigenvalue weighted by Crippen LogP contribution is 2.37. The van der Waals surface area contributed by atoms with E-state index >= 15 is 0 Å². The third-order valence-electron chi connectivity index (χ3n) is 3.00. The Bertz CT molecular complexity index is 524. The van der Waals surface area contributed by atoms with Crippen LogP contribution in [0.3, 0.4) is 0 Å². The molecule has 19 heavy (non-hydrogen) atoms. The zero-order chi connectivity index (χ0) is 13.8. The van der Waals surface area contributed by atoms with Crippen molar-refractivity contribution in [2.24, 2.45) is 5.73 Å². The van der Waals surface area contributed by atoms with Crippen LogP contribution in [0, 0.1) is 13.8 Å². The maximum atomic E-state index is 6.23. The van der Waals surface area contributed by atoms with Crippen molar-refractivity contribution in [1.82, 2.24) is 10.2 Å². The van der Waals surface area contributed by atoms with Gasteiger partial charge in [-0.25, -0.2) is 0 Å². The second-order valence-corrected chi connectivity index (χ2v) is 5.70. The molecular formula is C14H19N3OS. The zero-order valence-electron chi connectivity index (χ0n) is 11.5. The summed E-state index contributed by atoms with van der Waals surface area (Å²) in [5.41, 5.74) is 8.67. The topological polar surface area (TPSA) is 64.9 Å². The van der Waals surface area contributed by atoms with E-state index in [4.69, 9.17) is 10.2 Å². The molecule has 4 nitrogen and oxygen atoms in total. The number of benzene rings is 1. The van der Waals surface area contributed by atoms with Crippen molar-refractivity contribution in [2.45, 2.75) is 43.7 Å². The third-order valence-corrected chi connectivity index (χ3v) is 4.24. The lowest BCUT2D eigenvalue weighted by Crippen LogP contribution is -2.25. The van der Waals surface area contributed by atoms with Crippen LogP contribution in [-0.2, 0) is 0 Å². The molecule has 1 aromatic carbocycles. The highest BCUT2D eigenvalue weighted by Gasteiger charge is 2.22. The molecule has 2 rings (SSSR count). The van der Waals surface area contributed by atoms with Crippen molar-refractivity contribution >= 4 is 11.8 Å². The molecular weight excluding hydrogens is 258 g/mol. The van der Waals surface area contributed by atoms with Gasteiger partial charge in [0.2, 0.25) is 5.89 Å². The minimum absolute atomic E-state index is 0.0555. The van der Waals surface area contributed by atoms with Gasteiger partial charge in [-0.1, -0.05) is 48.5 Å². The lowest BCUT2D eigenvalue weighted by atomic mass is 10.0. The first-order chi connectivity index (χ1) is 9.10. The highest BCUT2D eigenvalue weighted by molar-refractivity contribution is 7.99. The number of hydrogen-bond acceptors (Lipinski definition) is 5. The normalized spacial score (nSPS) is 14.3. The minimum atomic E-state index is 0.0555. The summed E-state index contributed by atoms with van der Waals surface area (Å²) in [6.45, 7) is 5.95. The standard InChI is InChI=1S/C14H19N3OS/c1-4-12(15)13(11-7-5-9(2)6-8-11)19-14-17-16-10(3)18-14/h5-8,12-13H,4,15H2,1-3H3. The van der Waals surface area contributed by atoms with Gasteiger partial charge in [0.25, 0.3) is 5.22 Å². The van der Waals surface area contributed by atoms with Gasteiger partial charge in [-0.05, 0) is 18.9 Å². The van der Waals surface area contributed by atoms with Crippen LogP contribution >= 0.6 is 11.8 Å². The van der Waals surface area contributed by atoms with E-state index in [0.29, 0.717) is 11.1 Å². The lowest BCUT2D eigenvalue weighted by Gasteiger charge is -2.21. The van der Waals surface area contributed by atoms with E-state index in [0.717, 1.165) is 6.42 Å². The second-order valence-electron chi connectivity index (χ2n) is 4.61. The summed E-state index contributed by atoms with van der Waals surface area (Å²) in [6, 6.07) is 8.49. The van der Waals surface area contributed by atoms with Crippen molar-refractivity contribution < 1.29 is 4.42 Å². The molecule has 0 saturated carbocycles. The summed E-state index contributed by atoms with van der Waals surface area (Å²) in [5.74, 6) is 0.579. The van der Waals surface area contributed by atoms with Gasteiger partial charge in [-0.3, -0.25) is 0 Å². The fourth-order valence-corrected chi connectivity index (χ4v) is 2.94. The Morgan fingerprint density at radius 3 is 2.42 bits per heavy atom. The minimum Gasteiger partial charge on any atom is -0.416 e. The molecule has 102 valence electrons. The van der Waals surface area contributed by atoms with Crippen LogP contribution in [0.5, 0.6) is 0 Å². The van der Waals surface area contributed by atoms with Crippen LogP contribution in [-0.4, -0.2) is 16.2 Å². The van der Waals surface area contributed by atoms with Gasteiger partial charge < -0.3 is 10.2 Å². The molecule has 0 bridgehead atoms. The maximum Gasteiger partial charge on any atom is 0.277 e. The van der Waals surface area contributed by atoms with E-state index in [-0.39, 0.29) is 11.3 Å². The molecule has 1 heterocycles. The molecule has 2 N–H and O–H groups in total. The molecule has 1 aromatic heterocycles. The van der Waals surface area contributed by atoms with Crippen LogP contribution in [0.1, 0.15) is 35.6 Å². The Hall–Kier alpha value is -1.33. The van der Waals surface area contributed by atoms with E-state index < -0.39 is 0 Å². The number of nitrogens with two attached hydrogens (primary N) is 1. The van der Waals surface area contributed by atoms with Gasteiger partial charge in [0.05, 0.1) is 5.25 Å². The molecule has 2 atom stereocenters. The quantitative estimate of drug-likeness (QED) is 0.850. The van der Waals surface area contributed by atoms with E-state index in [1.807, 2.05) is 0 Å². The summed E-state index contributed by atoms with van der Waals surface area (Å²) in [7, 11) is 0. The van der Waals surface area contributed by atoms with Gasteiger partial charge in [0.1, 0.15) is 0 Å². The molecule has 0 fully saturated rings. The van der Waals surface area contributed by atoms with Gasteiger partial charge in [0, 0.05) is 13.0 Å². The van der Waals surface area contributed by atoms with E-state index in [9.17, 15) is 0 Å².